The molecule has 1 amide bonds. The molecule has 0 radical (unpaired) electrons. The molecular weight excluding hydrogens is 247 g/mol. The molecule has 5 heteroatoms. The van der Waals surface area contributed by atoms with Gasteiger partial charge in [0.1, 0.15) is 5.60 Å². The quantitative estimate of drug-likeness (QED) is 0.860. The Morgan fingerprint density at radius 1 is 1.47 bits per heavy atom. The first-order valence-electron chi connectivity index (χ1n) is 7.05. The van der Waals surface area contributed by atoms with Crippen molar-refractivity contribution in [3.63, 3.8) is 0 Å². The fourth-order valence-corrected chi connectivity index (χ4v) is 2.57. The van der Waals surface area contributed by atoms with Crippen molar-refractivity contribution in [1.29, 1.82) is 0 Å². The lowest BCUT2D eigenvalue weighted by Gasteiger charge is -2.39. The summed E-state index contributed by atoms with van der Waals surface area (Å²) in [7, 11) is 0. The minimum absolute atomic E-state index is 0.131. The van der Waals surface area contributed by atoms with Gasteiger partial charge < -0.3 is 15.4 Å². The Labute approximate surface area is 115 Å². The molecule has 2 N–H and O–H groups in total. The number of nitrogens with zero attached hydrogens (tertiary/aromatic N) is 1. The van der Waals surface area contributed by atoms with Gasteiger partial charge in [-0.3, -0.25) is 0 Å². The summed E-state index contributed by atoms with van der Waals surface area (Å²) in [5, 5.41) is 0. The molecule has 0 aromatic heterocycles. The van der Waals surface area contributed by atoms with Crippen LogP contribution in [0.3, 0.4) is 0 Å². The van der Waals surface area contributed by atoms with Gasteiger partial charge in [0.05, 0.1) is 6.17 Å². The molecular formula is C14H27FN2O2. The Hall–Kier alpha value is -0.840. The Balaban J connectivity index is 2.61. The Kier molecular flexibility index (Phi) is 5.59. The zero-order valence-electron chi connectivity index (χ0n) is 12.5. The molecule has 1 aliphatic rings. The van der Waals surface area contributed by atoms with Crippen molar-refractivity contribution in [1.82, 2.24) is 4.90 Å². The predicted octanol–water partition coefficient (Wildman–Crippen LogP) is 2.57. The second kappa shape index (κ2) is 6.55. The number of hydrogen-bond acceptors (Lipinski definition) is 3. The number of halogens is 1. The van der Waals surface area contributed by atoms with E-state index in [1.165, 1.54) is 0 Å². The first kappa shape index (κ1) is 16.2. The van der Waals surface area contributed by atoms with Crippen LogP contribution in [0.1, 0.15) is 40.5 Å². The average molecular weight is 274 g/mol. The molecule has 0 aromatic carbocycles. The van der Waals surface area contributed by atoms with Crippen LogP contribution in [0, 0.1) is 11.8 Å². The van der Waals surface area contributed by atoms with Gasteiger partial charge in [0.15, 0.2) is 0 Å². The highest BCUT2D eigenvalue weighted by molar-refractivity contribution is 5.68. The number of carbonyl (C=O) groups is 1. The van der Waals surface area contributed by atoms with E-state index in [4.69, 9.17) is 10.5 Å². The molecule has 112 valence electrons. The molecule has 4 nitrogen and oxygen atoms in total. The summed E-state index contributed by atoms with van der Waals surface area (Å²) in [6.07, 6.45) is 0.117. The maximum absolute atomic E-state index is 13.2. The second-order valence-electron chi connectivity index (χ2n) is 6.49. The molecule has 1 aliphatic heterocycles. The normalized spacial score (nSPS) is 26.1. The zero-order chi connectivity index (χ0) is 14.6. The molecule has 0 aliphatic carbocycles. The summed E-state index contributed by atoms with van der Waals surface area (Å²) in [6, 6.07) is 0. The van der Waals surface area contributed by atoms with Gasteiger partial charge in [0.25, 0.3) is 0 Å². The lowest BCUT2D eigenvalue weighted by molar-refractivity contribution is 0.00802. The summed E-state index contributed by atoms with van der Waals surface area (Å²) in [6.45, 7) is 8.84. The average Bonchev–Trinajstić information content (AvgIpc) is 2.25. The highest BCUT2D eigenvalue weighted by atomic mass is 19.1. The minimum atomic E-state index is -0.863. The van der Waals surface area contributed by atoms with E-state index in [2.05, 4.69) is 0 Å². The van der Waals surface area contributed by atoms with Crippen molar-refractivity contribution in [3.8, 4) is 0 Å². The number of likely N-dealkylation sites (tertiary alicyclic amines) is 1. The third-order valence-electron chi connectivity index (χ3n) is 3.47. The van der Waals surface area contributed by atoms with Crippen molar-refractivity contribution in [2.24, 2.45) is 17.6 Å². The maximum atomic E-state index is 13.2. The van der Waals surface area contributed by atoms with Gasteiger partial charge in [-0.15, -0.1) is 0 Å². The lowest BCUT2D eigenvalue weighted by Crippen LogP contribution is -2.47. The van der Waals surface area contributed by atoms with Gasteiger partial charge in [-0.1, -0.05) is 0 Å². The Morgan fingerprint density at radius 2 is 2.11 bits per heavy atom. The fourth-order valence-electron chi connectivity index (χ4n) is 2.57. The molecule has 0 saturated carbocycles. The van der Waals surface area contributed by atoms with E-state index in [0.29, 0.717) is 32.0 Å². The number of amides is 1. The molecule has 1 rings (SSSR count). The summed E-state index contributed by atoms with van der Waals surface area (Å²) < 4.78 is 18.6. The van der Waals surface area contributed by atoms with Crippen LogP contribution in [0.15, 0.2) is 0 Å². The summed E-state index contributed by atoms with van der Waals surface area (Å²) in [5.74, 6) is 0.433. The number of carbonyl (C=O) groups excluding carboxylic acids is 1. The molecule has 0 spiro atoms. The zero-order valence-corrected chi connectivity index (χ0v) is 12.5. The van der Waals surface area contributed by atoms with Crippen LogP contribution in [0.25, 0.3) is 0 Å². The fraction of sp³-hybridized carbons (Fsp3) is 0.929. The number of hydrogen-bond donors (Lipinski definition) is 1. The summed E-state index contributed by atoms with van der Waals surface area (Å²) in [4.78, 5) is 13.7. The lowest BCUT2D eigenvalue weighted by atomic mass is 9.82. The Bertz CT molecular complexity index is 302. The van der Waals surface area contributed by atoms with Gasteiger partial charge >= 0.3 is 6.09 Å². The van der Waals surface area contributed by atoms with Gasteiger partial charge in [0.2, 0.25) is 0 Å². The van der Waals surface area contributed by atoms with Crippen molar-refractivity contribution in [3.05, 3.63) is 0 Å². The second-order valence-corrected chi connectivity index (χ2v) is 6.49. The van der Waals surface area contributed by atoms with Gasteiger partial charge in [0, 0.05) is 13.1 Å². The Morgan fingerprint density at radius 3 is 2.58 bits per heavy atom. The standard InChI is InChI=1S/C14H27FN2O2/c1-10(15)7-12-9-17(6-5-11(12)8-16)13(18)19-14(2,3)4/h10-12H,5-9,16H2,1-4H3. The molecule has 0 bridgehead atoms. The van der Waals surface area contributed by atoms with Crippen LogP contribution >= 0.6 is 0 Å². The van der Waals surface area contributed by atoms with E-state index in [9.17, 15) is 9.18 Å². The van der Waals surface area contributed by atoms with E-state index in [1.807, 2.05) is 20.8 Å². The highest BCUT2D eigenvalue weighted by Gasteiger charge is 2.33. The molecule has 0 aromatic rings. The number of piperidine rings is 1. The molecule has 3 unspecified atom stereocenters. The van der Waals surface area contributed by atoms with Gasteiger partial charge in [-0.05, 0) is 58.9 Å². The minimum Gasteiger partial charge on any atom is -0.444 e. The van der Waals surface area contributed by atoms with Crippen LogP contribution in [0.4, 0.5) is 9.18 Å². The van der Waals surface area contributed by atoms with E-state index in [-0.39, 0.29) is 12.0 Å². The smallest absolute Gasteiger partial charge is 0.410 e. The van der Waals surface area contributed by atoms with E-state index in [0.717, 1.165) is 6.42 Å². The van der Waals surface area contributed by atoms with Crippen LogP contribution in [-0.4, -0.2) is 42.4 Å². The van der Waals surface area contributed by atoms with Crippen molar-refractivity contribution < 1.29 is 13.9 Å². The summed E-state index contributed by atoms with van der Waals surface area (Å²) >= 11 is 0. The van der Waals surface area contributed by atoms with E-state index in [1.54, 1.807) is 11.8 Å². The number of nitrogens with two attached hydrogens (primary N) is 1. The molecule has 19 heavy (non-hydrogen) atoms. The van der Waals surface area contributed by atoms with Crippen LogP contribution in [0.2, 0.25) is 0 Å². The predicted molar refractivity (Wildman–Crippen MR) is 73.6 cm³/mol. The molecule has 3 atom stereocenters. The molecule has 1 heterocycles. The third-order valence-corrected chi connectivity index (χ3v) is 3.47. The topological polar surface area (TPSA) is 55.6 Å². The number of rotatable bonds is 3. The van der Waals surface area contributed by atoms with Crippen molar-refractivity contribution >= 4 is 6.09 Å². The van der Waals surface area contributed by atoms with E-state index >= 15 is 0 Å². The number of alkyl halides is 1. The molecule has 1 saturated heterocycles. The number of ether oxygens (including phenoxy) is 1. The van der Waals surface area contributed by atoms with Crippen LogP contribution < -0.4 is 5.73 Å². The van der Waals surface area contributed by atoms with E-state index < -0.39 is 11.8 Å². The first-order chi connectivity index (χ1) is 8.73. The monoisotopic (exact) mass is 274 g/mol. The first-order valence-corrected chi connectivity index (χ1v) is 7.05. The maximum Gasteiger partial charge on any atom is 0.410 e. The summed E-state index contributed by atoms with van der Waals surface area (Å²) in [5.41, 5.74) is 5.24. The van der Waals surface area contributed by atoms with Gasteiger partial charge in [-0.2, -0.15) is 0 Å². The highest BCUT2D eigenvalue weighted by Crippen LogP contribution is 2.28. The van der Waals surface area contributed by atoms with Crippen LogP contribution in [0.5, 0.6) is 0 Å². The van der Waals surface area contributed by atoms with Gasteiger partial charge in [-0.25, -0.2) is 9.18 Å². The molecule has 1 fully saturated rings. The largest absolute Gasteiger partial charge is 0.444 e. The third kappa shape index (κ3) is 5.35. The van der Waals surface area contributed by atoms with Crippen molar-refractivity contribution in [2.45, 2.75) is 52.3 Å². The van der Waals surface area contributed by atoms with Crippen LogP contribution in [-0.2, 0) is 4.74 Å². The van der Waals surface area contributed by atoms with Crippen molar-refractivity contribution in [2.75, 3.05) is 19.6 Å². The SMILES string of the molecule is CC(F)CC1CN(C(=O)OC(C)(C)C)CCC1CN.